The molecule has 1 aliphatic rings. The van der Waals surface area contributed by atoms with Crippen molar-refractivity contribution < 1.29 is 27.4 Å². The normalized spacial score (nSPS) is 18.5. The summed E-state index contributed by atoms with van der Waals surface area (Å²) in [5.74, 6) is 0. The number of nitrogens with one attached hydrogen (secondary N) is 1. The summed E-state index contributed by atoms with van der Waals surface area (Å²) in [7, 11) is 0. The van der Waals surface area contributed by atoms with Gasteiger partial charge in [-0.2, -0.15) is 13.2 Å². The lowest BCUT2D eigenvalue weighted by molar-refractivity contribution is -0.137. The van der Waals surface area contributed by atoms with Crippen LogP contribution in [0.25, 0.3) is 0 Å². The monoisotopic (exact) mass is 317 g/mol. The molecule has 0 aromatic heterocycles. The van der Waals surface area contributed by atoms with E-state index in [0.29, 0.717) is 11.1 Å². The van der Waals surface area contributed by atoms with Gasteiger partial charge in [0.1, 0.15) is 5.60 Å². The maximum absolute atomic E-state index is 12.7. The summed E-state index contributed by atoms with van der Waals surface area (Å²) in [6.45, 7) is 5.47. The minimum absolute atomic E-state index is 0.0890. The minimum atomic E-state index is -4.40. The molecule has 1 N–H and O–H groups in total. The number of amides is 1. The van der Waals surface area contributed by atoms with E-state index in [2.05, 4.69) is 5.32 Å². The second kappa shape index (κ2) is 5.79. The zero-order valence-electron chi connectivity index (χ0n) is 12.6. The van der Waals surface area contributed by atoms with Crippen LogP contribution in [0.3, 0.4) is 0 Å². The molecule has 2 rings (SSSR count). The number of carbonyl (C=O) groups excluding carboxylic acids is 1. The smallest absolute Gasteiger partial charge is 0.416 e. The summed E-state index contributed by atoms with van der Waals surface area (Å²) in [6, 6.07) is 2.91. The molecule has 0 spiro atoms. The average Bonchev–Trinajstić information content (AvgIpc) is 2.35. The van der Waals surface area contributed by atoms with Gasteiger partial charge in [-0.1, -0.05) is 6.07 Å². The fourth-order valence-corrected chi connectivity index (χ4v) is 2.19. The first-order valence-electron chi connectivity index (χ1n) is 6.83. The van der Waals surface area contributed by atoms with E-state index in [0.717, 1.165) is 12.1 Å². The quantitative estimate of drug-likeness (QED) is 0.857. The van der Waals surface area contributed by atoms with E-state index >= 15 is 0 Å². The molecule has 1 amide bonds. The number of hydrogen-bond acceptors (Lipinski definition) is 3. The number of carbonyl (C=O) groups is 1. The molecule has 1 unspecified atom stereocenters. The third-order valence-corrected chi connectivity index (χ3v) is 3.08. The summed E-state index contributed by atoms with van der Waals surface area (Å²) in [5.41, 5.74) is -0.345. The zero-order valence-corrected chi connectivity index (χ0v) is 12.6. The van der Waals surface area contributed by atoms with Crippen LogP contribution in [0.1, 0.15) is 43.5 Å². The van der Waals surface area contributed by atoms with E-state index < -0.39 is 29.5 Å². The Morgan fingerprint density at radius 1 is 1.32 bits per heavy atom. The predicted octanol–water partition coefficient (Wildman–Crippen LogP) is 3.80. The molecular formula is C15H18F3NO3. The Balaban J connectivity index is 2.17. The average molecular weight is 317 g/mol. The van der Waals surface area contributed by atoms with Crippen LogP contribution in [-0.2, 0) is 22.3 Å². The van der Waals surface area contributed by atoms with Gasteiger partial charge in [-0.25, -0.2) is 4.79 Å². The number of fused-ring (bicyclic) bond motifs is 1. The molecule has 1 aromatic carbocycles. The Labute approximate surface area is 126 Å². The van der Waals surface area contributed by atoms with Crippen molar-refractivity contribution in [2.45, 2.75) is 45.2 Å². The summed E-state index contributed by atoms with van der Waals surface area (Å²) in [4.78, 5) is 11.8. The number of ether oxygens (including phenoxy) is 2. The molecule has 0 saturated heterocycles. The first kappa shape index (κ1) is 16.6. The number of rotatable bonds is 1. The second-order valence-electron chi connectivity index (χ2n) is 6.13. The number of halogens is 3. The lowest BCUT2D eigenvalue weighted by atomic mass is 9.96. The van der Waals surface area contributed by atoms with Crippen LogP contribution in [0.5, 0.6) is 0 Å². The number of benzene rings is 1. The van der Waals surface area contributed by atoms with Crippen molar-refractivity contribution in [3.05, 3.63) is 34.9 Å². The maximum atomic E-state index is 12.7. The van der Waals surface area contributed by atoms with Gasteiger partial charge in [-0.15, -0.1) is 0 Å². The van der Waals surface area contributed by atoms with Gasteiger partial charge >= 0.3 is 12.3 Å². The SMILES string of the molecule is CC(C)(C)OC(=O)NC1COCc2cc(C(F)(F)F)ccc21. The first-order chi connectivity index (χ1) is 10.1. The highest BCUT2D eigenvalue weighted by atomic mass is 19.4. The van der Waals surface area contributed by atoms with Gasteiger partial charge in [0, 0.05) is 0 Å². The fraction of sp³-hybridized carbons (Fsp3) is 0.533. The molecule has 7 heteroatoms. The molecular weight excluding hydrogens is 299 g/mol. The topological polar surface area (TPSA) is 47.6 Å². The maximum Gasteiger partial charge on any atom is 0.416 e. The highest BCUT2D eigenvalue weighted by molar-refractivity contribution is 5.68. The van der Waals surface area contributed by atoms with Gasteiger partial charge in [-0.05, 0) is 44.0 Å². The molecule has 0 saturated carbocycles. The molecule has 22 heavy (non-hydrogen) atoms. The van der Waals surface area contributed by atoms with Crippen LogP contribution < -0.4 is 5.32 Å². The zero-order chi connectivity index (χ0) is 16.5. The van der Waals surface area contributed by atoms with E-state index in [1.807, 2.05) is 0 Å². The van der Waals surface area contributed by atoms with Gasteiger partial charge < -0.3 is 14.8 Å². The van der Waals surface area contributed by atoms with Gasteiger partial charge in [0.15, 0.2) is 0 Å². The van der Waals surface area contributed by atoms with Crippen molar-refractivity contribution in [1.29, 1.82) is 0 Å². The van der Waals surface area contributed by atoms with Crippen LogP contribution in [-0.4, -0.2) is 18.3 Å². The number of alkyl carbamates (subject to hydrolysis) is 1. The Morgan fingerprint density at radius 3 is 2.59 bits per heavy atom. The van der Waals surface area contributed by atoms with Gasteiger partial charge in [-0.3, -0.25) is 0 Å². The van der Waals surface area contributed by atoms with E-state index in [-0.39, 0.29) is 13.2 Å². The Bertz CT molecular complexity index is 564. The van der Waals surface area contributed by atoms with Crippen molar-refractivity contribution in [2.24, 2.45) is 0 Å². The summed E-state index contributed by atoms with van der Waals surface area (Å²) in [5, 5.41) is 2.62. The molecule has 0 radical (unpaired) electrons. The highest BCUT2D eigenvalue weighted by Gasteiger charge is 2.33. The lowest BCUT2D eigenvalue weighted by Crippen LogP contribution is -2.38. The predicted molar refractivity (Wildman–Crippen MR) is 73.2 cm³/mol. The van der Waals surface area contributed by atoms with Crippen LogP contribution in [0.4, 0.5) is 18.0 Å². The summed E-state index contributed by atoms with van der Waals surface area (Å²) in [6.07, 6.45) is -5.03. The molecule has 4 nitrogen and oxygen atoms in total. The van der Waals surface area contributed by atoms with Crippen molar-refractivity contribution >= 4 is 6.09 Å². The van der Waals surface area contributed by atoms with E-state index in [1.54, 1.807) is 20.8 Å². The van der Waals surface area contributed by atoms with E-state index in [9.17, 15) is 18.0 Å². The van der Waals surface area contributed by atoms with Crippen LogP contribution in [0, 0.1) is 0 Å². The van der Waals surface area contributed by atoms with Crippen molar-refractivity contribution in [3.8, 4) is 0 Å². The lowest BCUT2D eigenvalue weighted by Gasteiger charge is -2.28. The van der Waals surface area contributed by atoms with Crippen LogP contribution in [0.15, 0.2) is 18.2 Å². The molecule has 1 aromatic rings. The Hall–Kier alpha value is -1.76. The molecule has 0 fully saturated rings. The second-order valence-corrected chi connectivity index (χ2v) is 6.13. The third-order valence-electron chi connectivity index (χ3n) is 3.08. The molecule has 122 valence electrons. The number of hydrogen-bond donors (Lipinski definition) is 1. The van der Waals surface area contributed by atoms with Crippen LogP contribution in [0.2, 0.25) is 0 Å². The Kier molecular flexibility index (Phi) is 4.37. The molecule has 1 atom stereocenters. The fourth-order valence-electron chi connectivity index (χ4n) is 2.19. The summed E-state index contributed by atoms with van der Waals surface area (Å²) < 4.78 is 48.6. The molecule has 0 bridgehead atoms. The third kappa shape index (κ3) is 4.13. The van der Waals surface area contributed by atoms with E-state index in [4.69, 9.17) is 9.47 Å². The first-order valence-corrected chi connectivity index (χ1v) is 6.83. The molecule has 1 aliphatic heterocycles. The molecule has 1 heterocycles. The van der Waals surface area contributed by atoms with Gasteiger partial charge in [0.05, 0.1) is 24.8 Å². The van der Waals surface area contributed by atoms with Crippen molar-refractivity contribution in [2.75, 3.05) is 6.61 Å². The van der Waals surface area contributed by atoms with Crippen molar-refractivity contribution in [3.63, 3.8) is 0 Å². The minimum Gasteiger partial charge on any atom is -0.444 e. The van der Waals surface area contributed by atoms with Crippen molar-refractivity contribution in [1.82, 2.24) is 5.32 Å². The van der Waals surface area contributed by atoms with Gasteiger partial charge in [0.25, 0.3) is 0 Å². The van der Waals surface area contributed by atoms with Crippen LogP contribution >= 0.6 is 0 Å². The highest BCUT2D eigenvalue weighted by Crippen LogP contribution is 2.33. The standard InChI is InChI=1S/C15H18F3NO3/c1-14(2,3)22-13(20)19-12-8-21-7-9-6-10(15(16,17)18)4-5-11(9)12/h4-6,12H,7-8H2,1-3H3,(H,19,20). The van der Waals surface area contributed by atoms with Gasteiger partial charge in [0.2, 0.25) is 0 Å². The summed E-state index contributed by atoms with van der Waals surface area (Å²) >= 11 is 0. The molecule has 0 aliphatic carbocycles. The number of alkyl halides is 3. The largest absolute Gasteiger partial charge is 0.444 e. The Morgan fingerprint density at radius 2 is 2.00 bits per heavy atom. The van der Waals surface area contributed by atoms with E-state index in [1.165, 1.54) is 6.07 Å².